The minimum absolute atomic E-state index is 0.0765. The zero-order chi connectivity index (χ0) is 13.1. The van der Waals surface area contributed by atoms with E-state index in [4.69, 9.17) is 17.3 Å². The van der Waals surface area contributed by atoms with Gasteiger partial charge in [-0.2, -0.15) is 0 Å². The second-order valence-electron chi connectivity index (χ2n) is 4.11. The molecule has 1 unspecified atom stereocenters. The molecule has 0 aliphatic heterocycles. The molecule has 2 aromatic rings. The molecule has 0 spiro atoms. The molecular formula is C14H12Br2ClN. The largest absolute Gasteiger partial charge is 0.324 e. The highest BCUT2D eigenvalue weighted by molar-refractivity contribution is 9.10. The van der Waals surface area contributed by atoms with Crippen LogP contribution in [0.25, 0.3) is 0 Å². The van der Waals surface area contributed by atoms with Crippen LogP contribution in [0.4, 0.5) is 0 Å². The maximum atomic E-state index is 6.24. The van der Waals surface area contributed by atoms with Crippen molar-refractivity contribution < 1.29 is 0 Å². The Kier molecular flexibility index (Phi) is 4.84. The number of hydrogen-bond acceptors (Lipinski definition) is 1. The minimum Gasteiger partial charge on any atom is -0.324 e. The third kappa shape index (κ3) is 3.58. The molecule has 4 heteroatoms. The highest BCUT2D eigenvalue weighted by Gasteiger charge is 2.11. The van der Waals surface area contributed by atoms with Crippen LogP contribution in [0.15, 0.2) is 51.4 Å². The van der Waals surface area contributed by atoms with Gasteiger partial charge in [-0.3, -0.25) is 0 Å². The number of rotatable bonds is 3. The van der Waals surface area contributed by atoms with E-state index in [-0.39, 0.29) is 6.04 Å². The Hall–Kier alpha value is -0.350. The second-order valence-corrected chi connectivity index (χ2v) is 6.31. The van der Waals surface area contributed by atoms with Crippen LogP contribution in [0.1, 0.15) is 17.2 Å². The first-order chi connectivity index (χ1) is 8.56. The summed E-state index contributed by atoms with van der Waals surface area (Å²) in [4.78, 5) is 0. The van der Waals surface area contributed by atoms with E-state index in [9.17, 15) is 0 Å². The van der Waals surface area contributed by atoms with Gasteiger partial charge in [-0.15, -0.1) is 0 Å². The normalized spacial score (nSPS) is 12.4. The molecule has 0 fully saturated rings. The Morgan fingerprint density at radius 1 is 1.11 bits per heavy atom. The van der Waals surface area contributed by atoms with Crippen LogP contribution in [-0.4, -0.2) is 0 Å². The highest BCUT2D eigenvalue weighted by Crippen LogP contribution is 2.28. The molecule has 0 bridgehead atoms. The van der Waals surface area contributed by atoms with Crippen molar-refractivity contribution in [1.82, 2.24) is 0 Å². The van der Waals surface area contributed by atoms with Crippen LogP contribution < -0.4 is 5.73 Å². The monoisotopic (exact) mass is 387 g/mol. The predicted octanol–water partition coefficient (Wildman–Crippen LogP) is 5.11. The van der Waals surface area contributed by atoms with E-state index in [1.54, 1.807) is 0 Å². The van der Waals surface area contributed by atoms with Gasteiger partial charge in [0.2, 0.25) is 0 Å². The van der Waals surface area contributed by atoms with Crippen LogP contribution in [-0.2, 0) is 6.42 Å². The Labute approximate surface area is 129 Å². The average Bonchev–Trinajstić information content (AvgIpc) is 2.32. The Balaban J connectivity index is 2.21. The summed E-state index contributed by atoms with van der Waals surface area (Å²) in [7, 11) is 0. The first kappa shape index (κ1) is 14.1. The van der Waals surface area contributed by atoms with E-state index in [0.717, 1.165) is 20.9 Å². The molecule has 94 valence electrons. The van der Waals surface area contributed by atoms with Gasteiger partial charge in [0, 0.05) is 20.0 Å². The summed E-state index contributed by atoms with van der Waals surface area (Å²) in [6.45, 7) is 0. The zero-order valence-electron chi connectivity index (χ0n) is 9.54. The van der Waals surface area contributed by atoms with Gasteiger partial charge in [-0.1, -0.05) is 55.6 Å². The standard InChI is InChI=1S/C14H12Br2ClN/c15-10-3-1-2-9(6-10)7-14(18)12-8-11(17)4-5-13(12)16/h1-6,8,14H,7,18H2. The minimum atomic E-state index is -0.0765. The van der Waals surface area contributed by atoms with Crippen molar-refractivity contribution in [1.29, 1.82) is 0 Å². The maximum absolute atomic E-state index is 6.24. The van der Waals surface area contributed by atoms with E-state index < -0.39 is 0 Å². The molecule has 0 saturated carbocycles. The first-order valence-electron chi connectivity index (χ1n) is 5.51. The lowest BCUT2D eigenvalue weighted by Gasteiger charge is -2.14. The first-order valence-corrected chi connectivity index (χ1v) is 7.47. The predicted molar refractivity (Wildman–Crippen MR) is 83.9 cm³/mol. The smallest absolute Gasteiger partial charge is 0.0410 e. The molecular weight excluding hydrogens is 377 g/mol. The molecule has 0 aliphatic rings. The molecule has 0 heterocycles. The highest BCUT2D eigenvalue weighted by atomic mass is 79.9. The number of nitrogens with two attached hydrogens (primary N) is 1. The summed E-state index contributed by atoms with van der Waals surface area (Å²) in [6.07, 6.45) is 0.776. The second kappa shape index (κ2) is 6.20. The molecule has 1 nitrogen and oxygen atoms in total. The number of benzene rings is 2. The van der Waals surface area contributed by atoms with Crippen LogP contribution in [0.3, 0.4) is 0 Å². The summed E-state index contributed by atoms with van der Waals surface area (Å²) < 4.78 is 2.06. The quantitative estimate of drug-likeness (QED) is 0.776. The van der Waals surface area contributed by atoms with Gasteiger partial charge in [-0.05, 0) is 47.9 Å². The summed E-state index contributed by atoms with van der Waals surface area (Å²) in [5.74, 6) is 0. The summed E-state index contributed by atoms with van der Waals surface area (Å²) >= 11 is 13.0. The van der Waals surface area contributed by atoms with Crippen molar-refractivity contribution in [2.75, 3.05) is 0 Å². The fraction of sp³-hybridized carbons (Fsp3) is 0.143. The molecule has 2 aromatic carbocycles. The average molecular weight is 390 g/mol. The van der Waals surface area contributed by atoms with Gasteiger partial charge in [0.05, 0.1) is 0 Å². The van der Waals surface area contributed by atoms with E-state index in [2.05, 4.69) is 44.0 Å². The molecule has 18 heavy (non-hydrogen) atoms. The number of hydrogen-bond donors (Lipinski definition) is 1. The molecule has 0 radical (unpaired) electrons. The molecule has 1 atom stereocenters. The SMILES string of the molecule is NC(Cc1cccc(Br)c1)c1cc(Cl)ccc1Br. The lowest BCUT2D eigenvalue weighted by molar-refractivity contribution is 0.718. The van der Waals surface area contributed by atoms with Crippen molar-refractivity contribution in [3.05, 3.63) is 67.6 Å². The van der Waals surface area contributed by atoms with Gasteiger partial charge in [0.1, 0.15) is 0 Å². The van der Waals surface area contributed by atoms with Crippen molar-refractivity contribution in [3.8, 4) is 0 Å². The van der Waals surface area contributed by atoms with Gasteiger partial charge in [0.25, 0.3) is 0 Å². The summed E-state index contributed by atoms with van der Waals surface area (Å²) in [6, 6.07) is 13.8. The van der Waals surface area contributed by atoms with Crippen molar-refractivity contribution in [2.24, 2.45) is 5.73 Å². The van der Waals surface area contributed by atoms with Gasteiger partial charge in [0.15, 0.2) is 0 Å². The van der Waals surface area contributed by atoms with E-state index in [1.807, 2.05) is 30.3 Å². The van der Waals surface area contributed by atoms with Crippen molar-refractivity contribution in [2.45, 2.75) is 12.5 Å². The third-order valence-electron chi connectivity index (χ3n) is 2.70. The van der Waals surface area contributed by atoms with E-state index in [0.29, 0.717) is 5.02 Å². The summed E-state index contributed by atoms with van der Waals surface area (Å²) in [5.41, 5.74) is 8.47. The van der Waals surface area contributed by atoms with Crippen LogP contribution in [0.5, 0.6) is 0 Å². The van der Waals surface area contributed by atoms with Gasteiger partial charge in [-0.25, -0.2) is 0 Å². The lowest BCUT2D eigenvalue weighted by Crippen LogP contribution is -2.14. The topological polar surface area (TPSA) is 26.0 Å². The van der Waals surface area contributed by atoms with Crippen LogP contribution in [0, 0.1) is 0 Å². The van der Waals surface area contributed by atoms with E-state index in [1.165, 1.54) is 5.56 Å². The van der Waals surface area contributed by atoms with Crippen molar-refractivity contribution in [3.63, 3.8) is 0 Å². The molecule has 2 N–H and O–H groups in total. The molecule has 0 aromatic heterocycles. The molecule has 0 aliphatic carbocycles. The Bertz CT molecular complexity index is 557. The molecule has 0 amide bonds. The van der Waals surface area contributed by atoms with E-state index >= 15 is 0 Å². The fourth-order valence-corrected chi connectivity index (χ4v) is 2.99. The third-order valence-corrected chi connectivity index (χ3v) is 4.15. The molecule has 2 rings (SSSR count). The Morgan fingerprint density at radius 2 is 1.89 bits per heavy atom. The lowest BCUT2D eigenvalue weighted by atomic mass is 10.00. The Morgan fingerprint density at radius 3 is 2.61 bits per heavy atom. The van der Waals surface area contributed by atoms with Crippen LogP contribution >= 0.6 is 43.5 Å². The van der Waals surface area contributed by atoms with Gasteiger partial charge < -0.3 is 5.73 Å². The number of halogens is 3. The summed E-state index contributed by atoms with van der Waals surface area (Å²) in [5, 5.41) is 0.706. The molecule has 0 saturated heterocycles. The zero-order valence-corrected chi connectivity index (χ0v) is 13.5. The fourth-order valence-electron chi connectivity index (χ4n) is 1.83. The van der Waals surface area contributed by atoms with Gasteiger partial charge >= 0.3 is 0 Å². The maximum Gasteiger partial charge on any atom is 0.0410 e. The van der Waals surface area contributed by atoms with Crippen molar-refractivity contribution >= 4 is 43.5 Å². The van der Waals surface area contributed by atoms with Crippen LogP contribution in [0.2, 0.25) is 5.02 Å².